The van der Waals surface area contributed by atoms with Gasteiger partial charge in [-0.05, 0) is 19.1 Å². The van der Waals surface area contributed by atoms with Crippen LogP contribution in [0.1, 0.15) is 5.76 Å². The van der Waals surface area contributed by atoms with Crippen LogP contribution in [0, 0.1) is 6.92 Å². The highest BCUT2D eigenvalue weighted by Gasteiger charge is 2.24. The summed E-state index contributed by atoms with van der Waals surface area (Å²) in [5.41, 5.74) is 0.286. The largest absolute Gasteiger partial charge is 0.360 e. The van der Waals surface area contributed by atoms with Crippen molar-refractivity contribution in [2.24, 2.45) is 0 Å². The van der Waals surface area contributed by atoms with Crippen molar-refractivity contribution in [3.8, 4) is 0 Å². The number of hydrogen-bond acceptors (Lipinski definition) is 5. The molecular weight excluding hydrogens is 365 g/mol. The SMILES string of the molecule is Cc1cc(N(CC(=O)Nc2cccc(Cl)c2Cl)S(C)(=O)=O)no1. The van der Waals surface area contributed by atoms with Gasteiger partial charge in [-0.1, -0.05) is 34.4 Å². The maximum absolute atomic E-state index is 12.1. The van der Waals surface area contributed by atoms with Gasteiger partial charge >= 0.3 is 0 Å². The smallest absolute Gasteiger partial charge is 0.245 e. The van der Waals surface area contributed by atoms with Crippen LogP contribution >= 0.6 is 23.2 Å². The van der Waals surface area contributed by atoms with Gasteiger partial charge in [0.1, 0.15) is 12.3 Å². The molecule has 0 atom stereocenters. The van der Waals surface area contributed by atoms with Gasteiger partial charge in [-0.3, -0.25) is 4.79 Å². The van der Waals surface area contributed by atoms with Crippen LogP contribution in [-0.2, 0) is 14.8 Å². The number of amides is 1. The molecule has 0 fully saturated rings. The van der Waals surface area contributed by atoms with Crippen molar-refractivity contribution in [2.45, 2.75) is 6.92 Å². The van der Waals surface area contributed by atoms with Gasteiger partial charge in [0, 0.05) is 6.07 Å². The second-order valence-electron chi connectivity index (χ2n) is 4.71. The Kier molecular flexibility index (Phi) is 5.18. The van der Waals surface area contributed by atoms with Crippen LogP contribution in [0.4, 0.5) is 11.5 Å². The van der Waals surface area contributed by atoms with E-state index in [1.807, 2.05) is 0 Å². The first kappa shape index (κ1) is 17.6. The summed E-state index contributed by atoms with van der Waals surface area (Å²) in [4.78, 5) is 12.1. The van der Waals surface area contributed by atoms with Gasteiger partial charge in [0.2, 0.25) is 15.9 Å². The van der Waals surface area contributed by atoms with Crippen molar-refractivity contribution < 1.29 is 17.7 Å². The number of halogens is 2. The number of aryl methyl sites for hydroxylation is 1. The van der Waals surface area contributed by atoms with Crippen molar-refractivity contribution in [3.63, 3.8) is 0 Å². The molecule has 0 aliphatic heterocycles. The summed E-state index contributed by atoms with van der Waals surface area (Å²) in [6.07, 6.45) is 0.969. The molecule has 10 heteroatoms. The predicted molar refractivity (Wildman–Crippen MR) is 88.5 cm³/mol. The molecule has 23 heavy (non-hydrogen) atoms. The number of carbonyl (C=O) groups excluding carboxylic acids is 1. The summed E-state index contributed by atoms with van der Waals surface area (Å²) in [6.45, 7) is 1.14. The summed E-state index contributed by atoms with van der Waals surface area (Å²) in [5, 5.41) is 6.58. The van der Waals surface area contributed by atoms with E-state index in [4.69, 9.17) is 27.7 Å². The van der Waals surface area contributed by atoms with E-state index < -0.39 is 22.5 Å². The van der Waals surface area contributed by atoms with Crippen LogP contribution in [0.2, 0.25) is 10.0 Å². The van der Waals surface area contributed by atoms with E-state index in [1.165, 1.54) is 6.07 Å². The van der Waals surface area contributed by atoms with Gasteiger partial charge in [-0.2, -0.15) is 0 Å². The molecule has 2 aromatic rings. The topological polar surface area (TPSA) is 92.5 Å². The van der Waals surface area contributed by atoms with E-state index in [0.29, 0.717) is 5.76 Å². The summed E-state index contributed by atoms with van der Waals surface area (Å²) in [5.74, 6) is -0.149. The molecule has 0 aliphatic carbocycles. The fourth-order valence-corrected chi connectivity index (χ4v) is 2.88. The average Bonchev–Trinajstić information content (AvgIpc) is 2.86. The number of carbonyl (C=O) groups is 1. The van der Waals surface area contributed by atoms with Gasteiger partial charge in [0.25, 0.3) is 0 Å². The molecule has 0 aliphatic rings. The van der Waals surface area contributed by atoms with E-state index in [9.17, 15) is 13.2 Å². The lowest BCUT2D eigenvalue weighted by atomic mass is 10.3. The van der Waals surface area contributed by atoms with Crippen LogP contribution in [0.3, 0.4) is 0 Å². The van der Waals surface area contributed by atoms with Crippen molar-refractivity contribution >= 4 is 50.6 Å². The number of hydrogen-bond donors (Lipinski definition) is 1. The Balaban J connectivity index is 2.20. The maximum Gasteiger partial charge on any atom is 0.245 e. The Morgan fingerprint density at radius 2 is 2.09 bits per heavy atom. The molecule has 0 saturated carbocycles. The molecule has 124 valence electrons. The zero-order valence-electron chi connectivity index (χ0n) is 12.2. The van der Waals surface area contributed by atoms with Crippen LogP contribution in [0.25, 0.3) is 0 Å². The molecule has 0 saturated heterocycles. The van der Waals surface area contributed by atoms with Crippen LogP contribution in [0.15, 0.2) is 28.8 Å². The van der Waals surface area contributed by atoms with Crippen LogP contribution < -0.4 is 9.62 Å². The molecule has 1 N–H and O–H groups in total. The minimum absolute atomic E-state index is 0.0253. The van der Waals surface area contributed by atoms with E-state index in [2.05, 4.69) is 10.5 Å². The monoisotopic (exact) mass is 377 g/mol. The molecule has 0 bridgehead atoms. The number of benzene rings is 1. The lowest BCUT2D eigenvalue weighted by molar-refractivity contribution is -0.114. The first-order chi connectivity index (χ1) is 10.7. The number of nitrogens with zero attached hydrogens (tertiary/aromatic N) is 2. The minimum Gasteiger partial charge on any atom is -0.360 e. The molecule has 1 aromatic heterocycles. The summed E-state index contributed by atoms with van der Waals surface area (Å²) in [6, 6.07) is 6.15. The van der Waals surface area contributed by atoms with Gasteiger partial charge in [0.15, 0.2) is 5.82 Å². The lowest BCUT2D eigenvalue weighted by Gasteiger charge is -2.18. The van der Waals surface area contributed by atoms with Gasteiger partial charge < -0.3 is 9.84 Å². The predicted octanol–water partition coefficient (Wildman–Crippen LogP) is 2.69. The maximum atomic E-state index is 12.1. The zero-order chi connectivity index (χ0) is 17.2. The number of rotatable bonds is 5. The third kappa shape index (κ3) is 4.37. The van der Waals surface area contributed by atoms with E-state index >= 15 is 0 Å². The third-order valence-electron chi connectivity index (χ3n) is 2.78. The highest BCUT2D eigenvalue weighted by Crippen LogP contribution is 2.29. The highest BCUT2D eigenvalue weighted by molar-refractivity contribution is 7.92. The fraction of sp³-hybridized carbons (Fsp3) is 0.231. The zero-order valence-corrected chi connectivity index (χ0v) is 14.5. The first-order valence-electron chi connectivity index (χ1n) is 6.33. The summed E-state index contributed by atoms with van der Waals surface area (Å²) in [7, 11) is -3.72. The van der Waals surface area contributed by atoms with Crippen molar-refractivity contribution in [3.05, 3.63) is 40.1 Å². The quantitative estimate of drug-likeness (QED) is 0.864. The summed E-state index contributed by atoms with van der Waals surface area (Å²) >= 11 is 11.8. The standard InChI is InChI=1S/C13H13Cl2N3O4S/c1-8-6-11(17-22-8)18(23(2,20)21)7-12(19)16-10-5-3-4-9(14)13(10)15/h3-6H,7H2,1-2H3,(H,16,19). The molecule has 0 unspecified atom stereocenters. The number of anilines is 2. The number of nitrogens with one attached hydrogen (secondary N) is 1. The Morgan fingerprint density at radius 3 is 2.65 bits per heavy atom. The fourth-order valence-electron chi connectivity index (χ4n) is 1.76. The molecule has 1 aromatic carbocycles. The molecule has 0 spiro atoms. The number of sulfonamides is 1. The van der Waals surface area contributed by atoms with Crippen molar-refractivity contribution in [1.82, 2.24) is 5.16 Å². The Labute approximate surface area is 143 Å². The van der Waals surface area contributed by atoms with Crippen LogP contribution in [-0.4, -0.2) is 32.3 Å². The third-order valence-corrected chi connectivity index (χ3v) is 4.72. The lowest BCUT2D eigenvalue weighted by Crippen LogP contribution is -2.37. The second-order valence-corrected chi connectivity index (χ2v) is 7.41. The molecule has 1 heterocycles. The molecular formula is C13H13Cl2N3O4S. The highest BCUT2D eigenvalue weighted by atomic mass is 35.5. The Bertz CT molecular complexity index is 835. The van der Waals surface area contributed by atoms with E-state index in [-0.39, 0.29) is 21.6 Å². The normalized spacial score (nSPS) is 11.3. The molecule has 2 rings (SSSR count). The van der Waals surface area contributed by atoms with E-state index in [1.54, 1.807) is 25.1 Å². The van der Waals surface area contributed by atoms with Gasteiger partial charge in [0.05, 0.1) is 22.0 Å². The minimum atomic E-state index is -3.72. The second kappa shape index (κ2) is 6.77. The average molecular weight is 378 g/mol. The van der Waals surface area contributed by atoms with Crippen molar-refractivity contribution in [2.75, 3.05) is 22.4 Å². The first-order valence-corrected chi connectivity index (χ1v) is 8.94. The summed E-state index contributed by atoms with van der Waals surface area (Å²) < 4.78 is 29.4. The Morgan fingerprint density at radius 1 is 1.39 bits per heavy atom. The molecule has 0 radical (unpaired) electrons. The number of aromatic nitrogens is 1. The Hall–Kier alpha value is -1.77. The molecule has 7 nitrogen and oxygen atoms in total. The molecule has 1 amide bonds. The van der Waals surface area contributed by atoms with Gasteiger partial charge in [-0.25, -0.2) is 12.7 Å². The van der Waals surface area contributed by atoms with E-state index in [0.717, 1.165) is 10.6 Å². The van der Waals surface area contributed by atoms with Crippen molar-refractivity contribution in [1.29, 1.82) is 0 Å². The van der Waals surface area contributed by atoms with Crippen LogP contribution in [0.5, 0.6) is 0 Å². The van der Waals surface area contributed by atoms with Gasteiger partial charge in [-0.15, -0.1) is 0 Å².